The summed E-state index contributed by atoms with van der Waals surface area (Å²) in [5.41, 5.74) is 3.38. The molecule has 1 unspecified atom stereocenters. The lowest BCUT2D eigenvalue weighted by Gasteiger charge is -2.37. The van der Waals surface area contributed by atoms with Crippen molar-refractivity contribution in [3.63, 3.8) is 0 Å². The lowest BCUT2D eigenvalue weighted by atomic mass is 9.74. The van der Waals surface area contributed by atoms with Gasteiger partial charge in [0.2, 0.25) is 0 Å². The number of hydrogen-bond acceptors (Lipinski definition) is 2. The number of hydrogen-bond donors (Lipinski definition) is 1. The smallest absolute Gasteiger partial charge is 0.0540 e. The van der Waals surface area contributed by atoms with Gasteiger partial charge in [0.1, 0.15) is 0 Å². The fourth-order valence-corrected chi connectivity index (χ4v) is 4.20. The van der Waals surface area contributed by atoms with E-state index in [0.29, 0.717) is 17.5 Å². The topological polar surface area (TPSA) is 29.9 Å². The second-order valence-corrected chi connectivity index (χ2v) is 7.83. The summed E-state index contributed by atoms with van der Waals surface area (Å²) in [6, 6.07) is 1.16. The van der Waals surface area contributed by atoms with Crippen molar-refractivity contribution in [2.75, 3.05) is 6.54 Å². The van der Waals surface area contributed by atoms with Gasteiger partial charge >= 0.3 is 0 Å². The van der Waals surface area contributed by atoms with E-state index in [0.717, 1.165) is 6.54 Å². The normalized spacial score (nSPS) is 25.8. The van der Waals surface area contributed by atoms with Crippen LogP contribution in [-0.4, -0.2) is 16.3 Å². The molecule has 1 N–H and O–H groups in total. The summed E-state index contributed by atoms with van der Waals surface area (Å²) >= 11 is 0. The summed E-state index contributed by atoms with van der Waals surface area (Å²) in [6.45, 7) is 8.17. The van der Waals surface area contributed by atoms with Gasteiger partial charge in [-0.2, -0.15) is 5.10 Å². The van der Waals surface area contributed by atoms with Crippen molar-refractivity contribution >= 4 is 0 Å². The molecule has 1 aromatic heterocycles. The summed E-state index contributed by atoms with van der Waals surface area (Å²) in [5.74, 6) is 0. The summed E-state index contributed by atoms with van der Waals surface area (Å²) in [4.78, 5) is 0. The van der Waals surface area contributed by atoms with Gasteiger partial charge < -0.3 is 5.32 Å². The van der Waals surface area contributed by atoms with Gasteiger partial charge in [0.25, 0.3) is 0 Å². The SMILES string of the molecule is CCCNC1CC(C)(C)Cc2c1cnn2C1CCCCC1. The minimum Gasteiger partial charge on any atom is -0.310 e. The van der Waals surface area contributed by atoms with Crippen LogP contribution in [0.25, 0.3) is 0 Å². The van der Waals surface area contributed by atoms with E-state index in [-0.39, 0.29) is 0 Å². The third-order valence-corrected chi connectivity index (χ3v) is 5.27. The van der Waals surface area contributed by atoms with Crippen molar-refractivity contribution < 1.29 is 0 Å². The summed E-state index contributed by atoms with van der Waals surface area (Å²) in [7, 11) is 0. The van der Waals surface area contributed by atoms with Crippen LogP contribution in [-0.2, 0) is 6.42 Å². The molecule has 0 radical (unpaired) electrons. The lowest BCUT2D eigenvalue weighted by Crippen LogP contribution is -2.34. The second-order valence-electron chi connectivity index (χ2n) is 7.83. The van der Waals surface area contributed by atoms with E-state index in [9.17, 15) is 0 Å². The first-order valence-corrected chi connectivity index (χ1v) is 8.90. The Morgan fingerprint density at radius 3 is 2.76 bits per heavy atom. The third-order valence-electron chi connectivity index (χ3n) is 5.27. The minimum atomic E-state index is 0.380. The van der Waals surface area contributed by atoms with Crippen LogP contribution in [0.15, 0.2) is 6.20 Å². The van der Waals surface area contributed by atoms with Gasteiger partial charge in [0.15, 0.2) is 0 Å². The highest BCUT2D eigenvalue weighted by molar-refractivity contribution is 5.27. The van der Waals surface area contributed by atoms with Crippen molar-refractivity contribution in [1.82, 2.24) is 15.1 Å². The zero-order valence-corrected chi connectivity index (χ0v) is 14.0. The molecule has 3 nitrogen and oxygen atoms in total. The fraction of sp³-hybridized carbons (Fsp3) is 0.833. The number of nitrogens with one attached hydrogen (secondary N) is 1. The van der Waals surface area contributed by atoms with E-state index in [1.807, 2.05) is 0 Å². The summed E-state index contributed by atoms with van der Waals surface area (Å²) < 4.78 is 2.40. The van der Waals surface area contributed by atoms with Gasteiger partial charge in [-0.15, -0.1) is 0 Å². The van der Waals surface area contributed by atoms with Crippen LogP contribution in [0.2, 0.25) is 0 Å². The summed E-state index contributed by atoms with van der Waals surface area (Å²) in [5, 5.41) is 8.57. The van der Waals surface area contributed by atoms with Crippen LogP contribution in [0, 0.1) is 5.41 Å². The van der Waals surface area contributed by atoms with Gasteiger partial charge in [0.05, 0.1) is 12.2 Å². The molecule has 0 bridgehead atoms. The first-order chi connectivity index (χ1) is 10.1. The van der Waals surface area contributed by atoms with E-state index in [1.165, 1.54) is 62.6 Å². The number of aromatic nitrogens is 2. The molecule has 1 fully saturated rings. The Morgan fingerprint density at radius 2 is 2.05 bits per heavy atom. The van der Waals surface area contributed by atoms with E-state index in [4.69, 9.17) is 5.10 Å². The Labute approximate surface area is 129 Å². The minimum absolute atomic E-state index is 0.380. The molecule has 0 amide bonds. The molecule has 3 heteroatoms. The molecular formula is C18H31N3. The van der Waals surface area contributed by atoms with Crippen LogP contribution in [0.4, 0.5) is 0 Å². The van der Waals surface area contributed by atoms with E-state index in [1.54, 1.807) is 0 Å². The molecular weight excluding hydrogens is 258 g/mol. The highest BCUT2D eigenvalue weighted by Crippen LogP contribution is 2.42. The van der Waals surface area contributed by atoms with Crippen molar-refractivity contribution in [2.24, 2.45) is 5.41 Å². The number of rotatable bonds is 4. The van der Waals surface area contributed by atoms with Gasteiger partial charge in [-0.05, 0) is 44.1 Å². The number of fused-ring (bicyclic) bond motifs is 1. The molecule has 0 saturated heterocycles. The molecule has 1 saturated carbocycles. The van der Waals surface area contributed by atoms with Crippen LogP contribution in [0.5, 0.6) is 0 Å². The molecule has 1 atom stereocenters. The van der Waals surface area contributed by atoms with Crippen LogP contribution >= 0.6 is 0 Å². The van der Waals surface area contributed by atoms with Crippen LogP contribution < -0.4 is 5.32 Å². The van der Waals surface area contributed by atoms with E-state index in [2.05, 4.69) is 37.0 Å². The molecule has 1 aromatic rings. The maximum Gasteiger partial charge on any atom is 0.0540 e. The monoisotopic (exact) mass is 289 g/mol. The molecule has 21 heavy (non-hydrogen) atoms. The zero-order valence-electron chi connectivity index (χ0n) is 14.0. The maximum absolute atomic E-state index is 4.82. The Hall–Kier alpha value is -0.830. The standard InChI is InChI=1S/C18H31N3/c1-4-10-19-16-11-18(2,3)12-17-15(16)13-20-21(17)14-8-6-5-7-9-14/h13-14,16,19H,4-12H2,1-3H3. The quantitative estimate of drug-likeness (QED) is 0.890. The summed E-state index contributed by atoms with van der Waals surface area (Å²) in [6.07, 6.45) is 12.6. The van der Waals surface area contributed by atoms with Crippen molar-refractivity contribution in [3.8, 4) is 0 Å². The highest BCUT2D eigenvalue weighted by Gasteiger charge is 2.35. The Bertz CT molecular complexity index is 469. The van der Waals surface area contributed by atoms with Gasteiger partial charge in [0, 0.05) is 17.3 Å². The lowest BCUT2D eigenvalue weighted by molar-refractivity contribution is 0.239. The molecule has 118 valence electrons. The average molecular weight is 289 g/mol. The van der Waals surface area contributed by atoms with Gasteiger partial charge in [-0.1, -0.05) is 40.0 Å². The fourth-order valence-electron chi connectivity index (χ4n) is 4.20. The molecule has 0 aromatic carbocycles. The largest absolute Gasteiger partial charge is 0.310 e. The molecule has 0 aliphatic heterocycles. The average Bonchev–Trinajstić information content (AvgIpc) is 2.88. The maximum atomic E-state index is 4.82. The first-order valence-electron chi connectivity index (χ1n) is 8.90. The van der Waals surface area contributed by atoms with Crippen molar-refractivity contribution in [2.45, 2.75) is 84.2 Å². The Morgan fingerprint density at radius 1 is 1.29 bits per heavy atom. The zero-order chi connectivity index (χ0) is 14.9. The molecule has 2 aliphatic carbocycles. The molecule has 3 rings (SSSR count). The predicted octanol–water partition coefficient (Wildman–Crippen LogP) is 4.40. The highest BCUT2D eigenvalue weighted by atomic mass is 15.3. The van der Waals surface area contributed by atoms with Crippen molar-refractivity contribution in [1.29, 1.82) is 0 Å². The van der Waals surface area contributed by atoms with E-state index >= 15 is 0 Å². The molecule has 2 aliphatic rings. The molecule has 1 heterocycles. The van der Waals surface area contributed by atoms with Crippen LogP contribution in [0.3, 0.4) is 0 Å². The van der Waals surface area contributed by atoms with E-state index < -0.39 is 0 Å². The Kier molecular flexibility index (Phi) is 4.39. The van der Waals surface area contributed by atoms with Gasteiger partial charge in [-0.3, -0.25) is 4.68 Å². The predicted molar refractivity (Wildman–Crippen MR) is 87.5 cm³/mol. The van der Waals surface area contributed by atoms with Crippen LogP contribution in [0.1, 0.15) is 89.1 Å². The third kappa shape index (κ3) is 3.18. The van der Waals surface area contributed by atoms with Gasteiger partial charge in [-0.25, -0.2) is 0 Å². The Balaban J connectivity index is 1.87. The first kappa shape index (κ1) is 15.1. The molecule has 0 spiro atoms. The van der Waals surface area contributed by atoms with Crippen molar-refractivity contribution in [3.05, 3.63) is 17.5 Å². The second kappa shape index (κ2) is 6.12. The number of nitrogens with zero attached hydrogens (tertiary/aromatic N) is 2.